The topological polar surface area (TPSA) is 158 Å². The van der Waals surface area contributed by atoms with Crippen LogP contribution >= 0.6 is 0 Å². The third-order valence-electron chi connectivity index (χ3n) is 2.97. The molecule has 4 atom stereocenters. The molecule has 12 heteroatoms. The Balaban J connectivity index is 6.59. The molecule has 0 aromatic heterocycles. The number of carbonyl (C=O) groups is 6. The molecule has 0 aliphatic rings. The number of carbonyl (C=O) groups excluding carboxylic acids is 6. The van der Waals surface area contributed by atoms with Gasteiger partial charge in [-0.3, -0.25) is 28.8 Å². The molecule has 0 unspecified atom stereocenters. The van der Waals surface area contributed by atoms with Gasteiger partial charge in [0.2, 0.25) is 0 Å². The minimum atomic E-state index is -2.02. The Bertz CT molecular complexity index is 705. The minimum absolute atomic E-state index is 0.861. The molecule has 0 bridgehead atoms. The molecule has 0 heterocycles. The fourth-order valence-corrected chi connectivity index (χ4v) is 2.09. The molecular weight excluding hydrogens is 408 g/mol. The standard InChI is InChI=1S/C18H26O12/c1-9(19)25-7-15(27-11(3)21)17(29-13(5)23)18(30-14(6)24)16(28-12(4)22)8-26-10(2)20/h15-18H,7-8H2,1-6H3/t15-,16+,17+,18-/i1D,2D,3D,4D,5D,6D. The Morgan fingerprint density at radius 1 is 0.533 bits per heavy atom. The van der Waals surface area contributed by atoms with Gasteiger partial charge in [-0.2, -0.15) is 0 Å². The van der Waals surface area contributed by atoms with Gasteiger partial charge < -0.3 is 28.4 Å². The molecule has 0 aliphatic heterocycles. The summed E-state index contributed by atoms with van der Waals surface area (Å²) >= 11 is 0. The lowest BCUT2D eigenvalue weighted by Crippen LogP contribution is -2.54. The monoisotopic (exact) mass is 440 g/mol. The first-order chi connectivity index (χ1) is 17.1. The Labute approximate surface area is 181 Å². The second kappa shape index (κ2) is 13.1. The van der Waals surface area contributed by atoms with Gasteiger partial charge in [-0.1, -0.05) is 0 Å². The van der Waals surface area contributed by atoms with Gasteiger partial charge in [-0.05, 0) is 0 Å². The quantitative estimate of drug-likeness (QED) is 0.309. The molecule has 0 saturated carbocycles. The van der Waals surface area contributed by atoms with Crippen LogP contribution in [0.5, 0.6) is 0 Å². The van der Waals surface area contributed by atoms with E-state index in [2.05, 4.69) is 0 Å². The molecule has 0 fully saturated rings. The van der Waals surface area contributed by atoms with Crippen LogP contribution in [0, 0.1) is 0 Å². The zero-order valence-corrected chi connectivity index (χ0v) is 15.9. The maximum absolute atomic E-state index is 12.0. The van der Waals surface area contributed by atoms with Crippen LogP contribution in [-0.4, -0.2) is 73.4 Å². The van der Waals surface area contributed by atoms with Gasteiger partial charge in [0, 0.05) is 49.6 Å². The van der Waals surface area contributed by atoms with Crippen LogP contribution in [0.4, 0.5) is 0 Å². The molecule has 0 spiro atoms. The molecule has 0 amide bonds. The molecular formula is C18H26O12. The minimum Gasteiger partial charge on any atom is -0.462 e. The molecule has 170 valence electrons. The number of hydrogen-bond acceptors (Lipinski definition) is 12. The predicted octanol–water partition coefficient (Wildman–Crippen LogP) is -0.161. The van der Waals surface area contributed by atoms with Crippen molar-refractivity contribution < 1.29 is 65.4 Å². The van der Waals surface area contributed by atoms with Gasteiger partial charge in [-0.15, -0.1) is 0 Å². The van der Waals surface area contributed by atoms with Crippen molar-refractivity contribution in [3.63, 3.8) is 0 Å². The normalized spacial score (nSPS) is 16.8. The summed E-state index contributed by atoms with van der Waals surface area (Å²) in [5, 5.41) is 0. The molecule has 0 saturated heterocycles. The first-order valence-corrected chi connectivity index (χ1v) is 7.91. The van der Waals surface area contributed by atoms with Crippen LogP contribution in [-0.2, 0) is 57.2 Å². The maximum atomic E-state index is 12.0. The smallest absolute Gasteiger partial charge is 0.303 e. The van der Waals surface area contributed by atoms with Crippen molar-refractivity contribution in [1.82, 2.24) is 0 Å². The molecule has 0 aromatic carbocycles. The van der Waals surface area contributed by atoms with Crippen LogP contribution in [0.25, 0.3) is 0 Å². The maximum Gasteiger partial charge on any atom is 0.303 e. The van der Waals surface area contributed by atoms with Gasteiger partial charge >= 0.3 is 35.8 Å². The Kier molecular flexibility index (Phi) is 7.72. The second-order valence-electron chi connectivity index (χ2n) is 5.33. The molecule has 12 nitrogen and oxygen atoms in total. The lowest BCUT2D eigenvalue weighted by Gasteiger charge is -2.35. The molecule has 0 aromatic rings. The zero-order valence-electron chi connectivity index (χ0n) is 21.9. The summed E-state index contributed by atoms with van der Waals surface area (Å²) in [4.78, 5) is 70.7. The van der Waals surface area contributed by atoms with Crippen molar-refractivity contribution >= 4 is 35.8 Å². The van der Waals surface area contributed by atoms with Crippen molar-refractivity contribution in [2.75, 3.05) is 13.2 Å². The van der Waals surface area contributed by atoms with Gasteiger partial charge in [0.05, 0.1) is 0 Å². The van der Waals surface area contributed by atoms with E-state index >= 15 is 0 Å². The van der Waals surface area contributed by atoms with E-state index in [9.17, 15) is 28.8 Å². The zero-order chi connectivity index (χ0) is 27.7. The van der Waals surface area contributed by atoms with E-state index in [0.29, 0.717) is 0 Å². The summed E-state index contributed by atoms with van der Waals surface area (Å²) < 4.78 is 72.2. The highest BCUT2D eigenvalue weighted by Crippen LogP contribution is 2.20. The molecule has 0 rings (SSSR count). The van der Waals surface area contributed by atoms with E-state index in [1.54, 1.807) is 0 Å². The highest BCUT2D eigenvalue weighted by atomic mass is 16.6. The number of ether oxygens (including phenoxy) is 6. The SMILES string of the molecule is [2H]CC(=O)OC[C@H](OC(=O)C[2H])[C@@H](OC(=O)C[2H])[C@@H](OC(=O)C[2H])[C@@H](COC(=O)C[2H])OC(=O)C[2H]. The Morgan fingerprint density at radius 3 is 1.13 bits per heavy atom. The third-order valence-corrected chi connectivity index (χ3v) is 2.97. The molecule has 0 aliphatic carbocycles. The van der Waals surface area contributed by atoms with Crippen LogP contribution in [0.3, 0.4) is 0 Å². The van der Waals surface area contributed by atoms with Crippen LogP contribution in [0.15, 0.2) is 0 Å². The summed E-state index contributed by atoms with van der Waals surface area (Å²) in [5.41, 5.74) is 0. The van der Waals surface area contributed by atoms with Gasteiger partial charge in [0.1, 0.15) is 13.2 Å². The number of esters is 6. The van der Waals surface area contributed by atoms with Crippen molar-refractivity contribution in [2.45, 2.75) is 65.8 Å². The second-order valence-corrected chi connectivity index (χ2v) is 5.33. The average molecular weight is 440 g/mol. The number of rotatable bonds is 11. The fraction of sp³-hybridized carbons (Fsp3) is 0.667. The Hall–Kier alpha value is -3.18. The van der Waals surface area contributed by atoms with Crippen LogP contribution < -0.4 is 0 Å². The van der Waals surface area contributed by atoms with E-state index in [1.807, 2.05) is 0 Å². The average Bonchev–Trinajstić information content (AvgIpc) is 2.89. The summed E-state index contributed by atoms with van der Waals surface area (Å²) in [6, 6.07) is 0. The molecule has 30 heavy (non-hydrogen) atoms. The first-order valence-electron chi connectivity index (χ1n) is 12.2. The van der Waals surface area contributed by atoms with E-state index in [1.165, 1.54) is 0 Å². The third kappa shape index (κ3) is 11.6. The Morgan fingerprint density at radius 2 is 0.833 bits per heavy atom. The van der Waals surface area contributed by atoms with Crippen molar-refractivity contribution in [3.8, 4) is 0 Å². The van der Waals surface area contributed by atoms with E-state index in [0.717, 1.165) is 0 Å². The largest absolute Gasteiger partial charge is 0.462 e. The first kappa shape index (κ1) is 17.7. The van der Waals surface area contributed by atoms with Crippen molar-refractivity contribution in [3.05, 3.63) is 0 Å². The summed E-state index contributed by atoms with van der Waals surface area (Å²) in [5.74, 6) is -7.29. The predicted molar refractivity (Wildman–Crippen MR) is 95.5 cm³/mol. The highest BCUT2D eigenvalue weighted by molar-refractivity contribution is 5.69. The van der Waals surface area contributed by atoms with E-state index in [-0.39, 0.29) is 0 Å². The summed E-state index contributed by atoms with van der Waals surface area (Å²) in [6.45, 7) is -7.49. The van der Waals surface area contributed by atoms with Crippen LogP contribution in [0.2, 0.25) is 0 Å². The number of hydrogen-bond donors (Lipinski definition) is 0. The van der Waals surface area contributed by atoms with Gasteiger partial charge in [-0.25, -0.2) is 0 Å². The van der Waals surface area contributed by atoms with E-state index < -0.39 is 115 Å². The van der Waals surface area contributed by atoms with Gasteiger partial charge in [0.15, 0.2) is 24.4 Å². The van der Waals surface area contributed by atoms with Gasteiger partial charge in [0.25, 0.3) is 0 Å². The fourth-order valence-electron chi connectivity index (χ4n) is 2.09. The lowest BCUT2D eigenvalue weighted by molar-refractivity contribution is -0.206. The lowest BCUT2D eigenvalue weighted by atomic mass is 10.0. The molecule has 0 N–H and O–H groups in total. The summed E-state index contributed by atoms with van der Waals surface area (Å²) in [7, 11) is 0. The van der Waals surface area contributed by atoms with Crippen molar-refractivity contribution in [1.29, 1.82) is 0 Å². The molecule has 0 radical (unpaired) electrons. The van der Waals surface area contributed by atoms with Crippen molar-refractivity contribution in [2.24, 2.45) is 0 Å². The van der Waals surface area contributed by atoms with E-state index in [4.69, 9.17) is 36.6 Å². The van der Waals surface area contributed by atoms with Crippen LogP contribution in [0.1, 0.15) is 49.6 Å². The summed E-state index contributed by atoms with van der Waals surface area (Å²) in [6.07, 6.45) is -7.76. The highest BCUT2D eigenvalue weighted by Gasteiger charge is 2.44.